The molecule has 0 spiro atoms. The van der Waals surface area contributed by atoms with Gasteiger partial charge in [-0.05, 0) is 60.4 Å². The highest BCUT2D eigenvalue weighted by Crippen LogP contribution is 2.25. The molecule has 0 aliphatic heterocycles. The first-order chi connectivity index (χ1) is 14.5. The molecule has 3 N–H and O–H groups in total. The molecule has 0 bridgehead atoms. The van der Waals surface area contributed by atoms with Gasteiger partial charge in [-0.15, -0.1) is 0 Å². The van der Waals surface area contributed by atoms with Gasteiger partial charge in [-0.25, -0.2) is 0 Å². The van der Waals surface area contributed by atoms with Crippen LogP contribution in [0.2, 0.25) is 0 Å². The van der Waals surface area contributed by atoms with Gasteiger partial charge in [-0.3, -0.25) is 14.6 Å². The first-order valence-corrected chi connectivity index (χ1v) is 10.6. The number of hydrogen-bond acceptors (Lipinski definition) is 4. The van der Waals surface area contributed by atoms with E-state index in [0.29, 0.717) is 25.3 Å². The maximum absolute atomic E-state index is 12.9. The van der Waals surface area contributed by atoms with Crippen molar-refractivity contribution in [1.82, 2.24) is 15.6 Å². The number of aryl methyl sites for hydroxylation is 1. The Bertz CT molecular complexity index is 806. The minimum atomic E-state index is -0.451. The Morgan fingerprint density at radius 1 is 1.20 bits per heavy atom. The Morgan fingerprint density at radius 3 is 2.53 bits per heavy atom. The second kappa shape index (κ2) is 12.1. The summed E-state index contributed by atoms with van der Waals surface area (Å²) in [6, 6.07) is 9.43. The zero-order valence-electron chi connectivity index (χ0n) is 18.1. The number of aliphatic hydroxyl groups excluding tert-OH is 1. The van der Waals surface area contributed by atoms with E-state index in [4.69, 9.17) is 0 Å². The monoisotopic (exact) mass is 411 g/mol. The average molecular weight is 412 g/mol. The molecule has 0 radical (unpaired) electrons. The molecule has 1 aromatic carbocycles. The number of carbonyl (C=O) groups excluding carboxylic acids is 2. The van der Waals surface area contributed by atoms with Crippen molar-refractivity contribution in [3.63, 3.8) is 0 Å². The minimum Gasteiger partial charge on any atom is -0.394 e. The number of benzene rings is 1. The number of rotatable bonds is 12. The Balaban J connectivity index is 2.07. The third-order valence-corrected chi connectivity index (χ3v) is 5.23. The minimum absolute atomic E-state index is 0.0529. The lowest BCUT2D eigenvalue weighted by Gasteiger charge is -2.23. The van der Waals surface area contributed by atoms with Crippen LogP contribution in [-0.2, 0) is 9.59 Å². The van der Waals surface area contributed by atoms with Crippen LogP contribution in [0.4, 0.5) is 0 Å². The van der Waals surface area contributed by atoms with E-state index in [9.17, 15) is 14.7 Å². The van der Waals surface area contributed by atoms with Crippen LogP contribution in [0, 0.1) is 18.8 Å². The lowest BCUT2D eigenvalue weighted by Crippen LogP contribution is -2.36. The molecule has 2 amide bonds. The largest absolute Gasteiger partial charge is 0.394 e. The number of aliphatic hydroxyl groups is 1. The van der Waals surface area contributed by atoms with Gasteiger partial charge in [-0.2, -0.15) is 0 Å². The number of pyridine rings is 1. The summed E-state index contributed by atoms with van der Waals surface area (Å²) in [5.74, 6) is 0.185. The van der Waals surface area contributed by atoms with E-state index in [-0.39, 0.29) is 18.4 Å². The van der Waals surface area contributed by atoms with Gasteiger partial charge in [0.1, 0.15) is 0 Å². The van der Waals surface area contributed by atoms with E-state index >= 15 is 0 Å². The van der Waals surface area contributed by atoms with Crippen molar-refractivity contribution in [2.75, 3.05) is 13.2 Å². The molecular formula is C24H33N3O3. The first kappa shape index (κ1) is 23.5. The molecule has 6 nitrogen and oxygen atoms in total. The van der Waals surface area contributed by atoms with Gasteiger partial charge in [0.15, 0.2) is 0 Å². The van der Waals surface area contributed by atoms with Gasteiger partial charge in [0.2, 0.25) is 12.3 Å². The third-order valence-electron chi connectivity index (χ3n) is 5.23. The molecule has 0 saturated carbocycles. The molecule has 0 saturated heterocycles. The van der Waals surface area contributed by atoms with Crippen LogP contribution in [0.25, 0.3) is 11.1 Å². The normalized spacial score (nSPS) is 13.0. The molecule has 162 valence electrons. The summed E-state index contributed by atoms with van der Waals surface area (Å²) in [6.07, 6.45) is 6.49. The number of nitrogens with one attached hydrogen (secondary N) is 2. The first-order valence-electron chi connectivity index (χ1n) is 10.6. The number of aromatic nitrogens is 1. The lowest BCUT2D eigenvalue weighted by molar-refractivity contribution is -0.126. The van der Waals surface area contributed by atoms with E-state index in [0.717, 1.165) is 35.1 Å². The highest BCUT2D eigenvalue weighted by atomic mass is 16.3. The molecule has 2 aromatic rings. The van der Waals surface area contributed by atoms with Crippen molar-refractivity contribution in [1.29, 1.82) is 0 Å². The molecular weight excluding hydrogens is 378 g/mol. The standard InChI is InChI=1S/C24H33N3O3/c1-17(2)13-21(5-4-11-26-16-29)24(30)27-23(15-28)20-8-6-19(7-9-20)22-10-12-25-14-18(22)3/h6-10,12,14,16-17,21,23,28H,4-5,11,13,15H2,1-3H3,(H,26,29)(H,27,30). The maximum Gasteiger partial charge on any atom is 0.223 e. The van der Waals surface area contributed by atoms with E-state index in [1.165, 1.54) is 0 Å². The van der Waals surface area contributed by atoms with Crippen LogP contribution < -0.4 is 10.6 Å². The molecule has 30 heavy (non-hydrogen) atoms. The van der Waals surface area contributed by atoms with Gasteiger partial charge < -0.3 is 15.7 Å². The van der Waals surface area contributed by atoms with Crippen LogP contribution in [0.3, 0.4) is 0 Å². The van der Waals surface area contributed by atoms with Crippen molar-refractivity contribution in [2.45, 2.75) is 46.1 Å². The Labute approximate surface area is 179 Å². The Morgan fingerprint density at radius 2 is 1.93 bits per heavy atom. The van der Waals surface area contributed by atoms with Crippen LogP contribution in [0.15, 0.2) is 42.7 Å². The molecule has 1 aromatic heterocycles. The summed E-state index contributed by atoms with van der Waals surface area (Å²) in [7, 11) is 0. The van der Waals surface area contributed by atoms with E-state index in [2.05, 4.69) is 29.5 Å². The molecule has 2 unspecified atom stereocenters. The molecule has 2 atom stereocenters. The van der Waals surface area contributed by atoms with E-state index in [1.807, 2.05) is 43.5 Å². The van der Waals surface area contributed by atoms with Crippen molar-refractivity contribution >= 4 is 12.3 Å². The van der Waals surface area contributed by atoms with Crippen LogP contribution in [-0.4, -0.2) is 35.6 Å². The van der Waals surface area contributed by atoms with Crippen molar-refractivity contribution in [3.8, 4) is 11.1 Å². The highest BCUT2D eigenvalue weighted by Gasteiger charge is 2.23. The predicted molar refractivity (Wildman–Crippen MR) is 119 cm³/mol. The summed E-state index contributed by atoms with van der Waals surface area (Å²) < 4.78 is 0. The van der Waals surface area contributed by atoms with Crippen LogP contribution in [0.1, 0.15) is 50.3 Å². The zero-order chi connectivity index (χ0) is 21.9. The molecule has 2 rings (SSSR count). The predicted octanol–water partition coefficient (Wildman–Crippen LogP) is 3.40. The number of carbonyl (C=O) groups is 2. The van der Waals surface area contributed by atoms with Gasteiger partial charge >= 0.3 is 0 Å². The topological polar surface area (TPSA) is 91.3 Å². The number of amides is 2. The summed E-state index contributed by atoms with van der Waals surface area (Å²) in [5, 5.41) is 15.5. The van der Waals surface area contributed by atoms with Crippen LogP contribution in [0.5, 0.6) is 0 Å². The second-order valence-electron chi connectivity index (χ2n) is 8.10. The molecule has 0 aliphatic rings. The van der Waals surface area contributed by atoms with Crippen molar-refractivity contribution in [3.05, 3.63) is 53.9 Å². The third kappa shape index (κ3) is 6.95. The average Bonchev–Trinajstić information content (AvgIpc) is 2.74. The van der Waals surface area contributed by atoms with Crippen molar-refractivity contribution < 1.29 is 14.7 Å². The Kier molecular flexibility index (Phi) is 9.48. The van der Waals surface area contributed by atoms with Crippen LogP contribution >= 0.6 is 0 Å². The fourth-order valence-corrected chi connectivity index (χ4v) is 3.65. The second-order valence-corrected chi connectivity index (χ2v) is 8.10. The van der Waals surface area contributed by atoms with Gasteiger partial charge in [-0.1, -0.05) is 38.1 Å². The number of nitrogens with zero attached hydrogens (tertiary/aromatic N) is 1. The zero-order valence-corrected chi connectivity index (χ0v) is 18.1. The summed E-state index contributed by atoms with van der Waals surface area (Å²) in [5.41, 5.74) is 4.15. The maximum atomic E-state index is 12.9. The molecule has 0 aliphatic carbocycles. The smallest absolute Gasteiger partial charge is 0.223 e. The van der Waals surface area contributed by atoms with Gasteiger partial charge in [0, 0.05) is 24.9 Å². The van der Waals surface area contributed by atoms with Crippen molar-refractivity contribution in [2.24, 2.45) is 11.8 Å². The molecule has 0 fully saturated rings. The lowest BCUT2D eigenvalue weighted by atomic mass is 9.91. The molecule has 6 heteroatoms. The fourth-order valence-electron chi connectivity index (χ4n) is 3.65. The van der Waals surface area contributed by atoms with E-state index in [1.54, 1.807) is 6.20 Å². The SMILES string of the molecule is Cc1cnccc1-c1ccc(C(CO)NC(=O)C(CCCNC=O)CC(C)C)cc1. The number of hydrogen-bond donors (Lipinski definition) is 3. The van der Waals surface area contributed by atoms with Gasteiger partial charge in [0.25, 0.3) is 0 Å². The Hall–Kier alpha value is -2.73. The highest BCUT2D eigenvalue weighted by molar-refractivity contribution is 5.79. The summed E-state index contributed by atoms with van der Waals surface area (Å²) in [4.78, 5) is 27.4. The summed E-state index contributed by atoms with van der Waals surface area (Å²) in [6.45, 7) is 6.60. The summed E-state index contributed by atoms with van der Waals surface area (Å²) >= 11 is 0. The fraction of sp³-hybridized carbons (Fsp3) is 0.458. The van der Waals surface area contributed by atoms with E-state index < -0.39 is 6.04 Å². The van der Waals surface area contributed by atoms with Gasteiger partial charge in [0.05, 0.1) is 12.6 Å². The quantitative estimate of drug-likeness (QED) is 0.369. The molecule has 1 heterocycles.